The van der Waals surface area contributed by atoms with Crippen LogP contribution in [-0.2, 0) is 9.59 Å². The average molecular weight is 296 g/mol. The third-order valence-corrected chi connectivity index (χ3v) is 3.01. The minimum absolute atomic E-state index is 0.0303. The monoisotopic (exact) mass is 296 g/mol. The SMILES string of the molecule is CC(CCCCN=C=O)N=C=O.CCCCCC(C)(C)C. The molecule has 1 atom stereocenters. The lowest BCUT2D eigenvalue weighted by Crippen LogP contribution is -2.03. The summed E-state index contributed by atoms with van der Waals surface area (Å²) >= 11 is 0. The molecule has 1 unspecified atom stereocenters. The van der Waals surface area contributed by atoms with Crippen molar-refractivity contribution in [2.75, 3.05) is 6.54 Å². The van der Waals surface area contributed by atoms with Gasteiger partial charge in [-0.1, -0.05) is 47.0 Å². The zero-order valence-electron chi connectivity index (χ0n) is 14.4. The molecule has 0 aliphatic rings. The molecule has 0 saturated heterocycles. The Morgan fingerprint density at radius 3 is 2.14 bits per heavy atom. The first kappa shape index (κ1) is 22.0. The van der Waals surface area contributed by atoms with Gasteiger partial charge >= 0.3 is 0 Å². The van der Waals surface area contributed by atoms with Crippen LogP contribution in [0.1, 0.15) is 79.6 Å². The zero-order chi connectivity index (χ0) is 16.6. The van der Waals surface area contributed by atoms with Crippen molar-refractivity contribution >= 4 is 12.2 Å². The Kier molecular flexibility index (Phi) is 15.9. The van der Waals surface area contributed by atoms with Gasteiger partial charge in [-0.2, -0.15) is 0 Å². The van der Waals surface area contributed by atoms with E-state index in [1.807, 2.05) is 6.92 Å². The molecular weight excluding hydrogens is 264 g/mol. The van der Waals surface area contributed by atoms with Crippen LogP contribution in [0.5, 0.6) is 0 Å². The van der Waals surface area contributed by atoms with Crippen LogP contribution in [0.4, 0.5) is 0 Å². The minimum Gasteiger partial charge on any atom is -0.211 e. The predicted octanol–water partition coefficient (Wildman–Crippen LogP) is 4.83. The molecule has 0 spiro atoms. The quantitative estimate of drug-likeness (QED) is 0.347. The number of unbranched alkanes of at least 4 members (excludes halogenated alkanes) is 3. The summed E-state index contributed by atoms with van der Waals surface area (Å²) in [7, 11) is 0. The van der Waals surface area contributed by atoms with Crippen molar-refractivity contribution in [1.82, 2.24) is 0 Å². The van der Waals surface area contributed by atoms with Gasteiger partial charge in [0.15, 0.2) is 0 Å². The van der Waals surface area contributed by atoms with Gasteiger partial charge in [-0.15, -0.1) is 0 Å². The van der Waals surface area contributed by atoms with Crippen molar-refractivity contribution in [3.05, 3.63) is 0 Å². The molecular formula is C17H32N2O2. The van der Waals surface area contributed by atoms with Crippen molar-refractivity contribution in [3.8, 4) is 0 Å². The fraction of sp³-hybridized carbons (Fsp3) is 0.882. The molecule has 0 amide bonds. The molecule has 21 heavy (non-hydrogen) atoms. The molecule has 0 saturated carbocycles. The third-order valence-electron chi connectivity index (χ3n) is 3.01. The van der Waals surface area contributed by atoms with E-state index in [4.69, 9.17) is 0 Å². The number of hydrogen-bond acceptors (Lipinski definition) is 4. The summed E-state index contributed by atoms with van der Waals surface area (Å²) in [5, 5.41) is 0. The van der Waals surface area contributed by atoms with Crippen LogP contribution in [0.3, 0.4) is 0 Å². The van der Waals surface area contributed by atoms with Crippen molar-refractivity contribution in [1.29, 1.82) is 0 Å². The topological polar surface area (TPSA) is 58.9 Å². The lowest BCUT2D eigenvalue weighted by Gasteiger charge is -2.16. The van der Waals surface area contributed by atoms with E-state index in [-0.39, 0.29) is 6.04 Å². The van der Waals surface area contributed by atoms with Crippen LogP contribution >= 0.6 is 0 Å². The van der Waals surface area contributed by atoms with Crippen molar-refractivity contribution < 1.29 is 9.59 Å². The average Bonchev–Trinajstić information content (AvgIpc) is 2.38. The van der Waals surface area contributed by atoms with Crippen molar-refractivity contribution in [2.45, 2.75) is 85.6 Å². The molecule has 0 aromatic rings. The molecule has 0 heterocycles. The number of aliphatic imine (C=N–C) groups is 2. The van der Waals surface area contributed by atoms with Gasteiger partial charge in [0.1, 0.15) is 0 Å². The van der Waals surface area contributed by atoms with Crippen LogP contribution < -0.4 is 0 Å². The Morgan fingerprint density at radius 2 is 1.67 bits per heavy atom. The largest absolute Gasteiger partial charge is 0.235 e. The molecule has 0 aliphatic carbocycles. The molecule has 0 bridgehead atoms. The van der Waals surface area contributed by atoms with Gasteiger partial charge in [-0.05, 0) is 38.0 Å². The smallest absolute Gasteiger partial charge is 0.211 e. The zero-order valence-corrected chi connectivity index (χ0v) is 14.4. The number of nitrogens with zero attached hydrogens (tertiary/aromatic N) is 2. The molecule has 0 N–H and O–H groups in total. The maximum atomic E-state index is 9.79. The Hall–Kier alpha value is -1.24. The van der Waals surface area contributed by atoms with E-state index in [1.165, 1.54) is 37.8 Å². The fourth-order valence-corrected chi connectivity index (χ4v) is 1.74. The van der Waals surface area contributed by atoms with E-state index < -0.39 is 0 Å². The van der Waals surface area contributed by atoms with Crippen LogP contribution in [0.2, 0.25) is 0 Å². The predicted molar refractivity (Wildman–Crippen MR) is 88.0 cm³/mol. The third kappa shape index (κ3) is 24.2. The van der Waals surface area contributed by atoms with Crippen LogP contribution in [0.25, 0.3) is 0 Å². The molecule has 0 aromatic carbocycles. The number of rotatable bonds is 9. The van der Waals surface area contributed by atoms with Gasteiger partial charge in [-0.3, -0.25) is 0 Å². The molecule has 4 heteroatoms. The van der Waals surface area contributed by atoms with Crippen LogP contribution in [0, 0.1) is 5.41 Å². The van der Waals surface area contributed by atoms with Crippen LogP contribution in [-0.4, -0.2) is 24.7 Å². The standard InChI is InChI=1S/C9H20.C8H12N2O2/c1-5-6-7-8-9(2,3)4;1-8(10-7-12)4-2-3-5-9-6-11/h5-8H2,1-4H3;8H,2-5H2,1H3. The maximum absolute atomic E-state index is 9.79. The summed E-state index contributed by atoms with van der Waals surface area (Å²) in [5.41, 5.74) is 0.551. The highest BCUT2D eigenvalue weighted by molar-refractivity contribution is 5.33. The highest BCUT2D eigenvalue weighted by atomic mass is 16.1. The number of carbonyl (C=O) groups excluding carboxylic acids is 2. The van der Waals surface area contributed by atoms with Gasteiger partial charge in [0.25, 0.3) is 0 Å². The minimum atomic E-state index is 0.0303. The highest BCUT2D eigenvalue weighted by Crippen LogP contribution is 2.21. The second-order valence-electron chi connectivity index (χ2n) is 6.56. The highest BCUT2D eigenvalue weighted by Gasteiger charge is 2.07. The summed E-state index contributed by atoms with van der Waals surface area (Å²) in [6.45, 7) is 11.5. The Balaban J connectivity index is 0. The van der Waals surface area contributed by atoms with E-state index in [1.54, 1.807) is 0 Å². The van der Waals surface area contributed by atoms with Crippen LogP contribution in [0.15, 0.2) is 9.98 Å². The molecule has 122 valence electrons. The normalized spacial score (nSPS) is 11.5. The molecule has 0 radical (unpaired) electrons. The van der Waals surface area contributed by atoms with E-state index in [9.17, 15) is 9.59 Å². The Bertz CT molecular complexity index is 322. The summed E-state index contributed by atoms with van der Waals surface area (Å²) in [4.78, 5) is 26.4. The van der Waals surface area contributed by atoms with Gasteiger partial charge in [0, 0.05) is 0 Å². The van der Waals surface area contributed by atoms with Gasteiger partial charge < -0.3 is 0 Å². The summed E-state index contributed by atoms with van der Waals surface area (Å²) in [6.07, 6.45) is 11.1. The first-order valence-electron chi connectivity index (χ1n) is 7.98. The Morgan fingerprint density at radius 1 is 1.00 bits per heavy atom. The van der Waals surface area contributed by atoms with E-state index in [2.05, 4.69) is 37.7 Å². The lowest BCUT2D eigenvalue weighted by atomic mass is 9.90. The first-order chi connectivity index (χ1) is 9.87. The van der Waals surface area contributed by atoms with Crippen molar-refractivity contribution in [3.63, 3.8) is 0 Å². The second-order valence-corrected chi connectivity index (χ2v) is 6.56. The molecule has 0 fully saturated rings. The lowest BCUT2D eigenvalue weighted by molar-refractivity contribution is 0.359. The maximum Gasteiger partial charge on any atom is 0.235 e. The first-order valence-corrected chi connectivity index (χ1v) is 7.98. The molecule has 4 nitrogen and oxygen atoms in total. The van der Waals surface area contributed by atoms with Gasteiger partial charge in [0.05, 0.1) is 12.6 Å². The summed E-state index contributed by atoms with van der Waals surface area (Å²) < 4.78 is 0. The number of isocyanates is 2. The van der Waals surface area contributed by atoms with E-state index in [0.717, 1.165) is 19.3 Å². The van der Waals surface area contributed by atoms with Gasteiger partial charge in [-0.25, -0.2) is 19.6 Å². The number of hydrogen-bond donors (Lipinski definition) is 0. The van der Waals surface area contributed by atoms with E-state index >= 15 is 0 Å². The van der Waals surface area contributed by atoms with Gasteiger partial charge in [0.2, 0.25) is 12.2 Å². The molecule has 0 aromatic heterocycles. The second kappa shape index (κ2) is 15.2. The van der Waals surface area contributed by atoms with E-state index in [0.29, 0.717) is 12.0 Å². The fourth-order valence-electron chi connectivity index (χ4n) is 1.74. The summed E-state index contributed by atoms with van der Waals surface area (Å²) in [6, 6.07) is 0.0303. The summed E-state index contributed by atoms with van der Waals surface area (Å²) in [5.74, 6) is 0. The molecule has 0 rings (SSSR count). The molecule has 0 aliphatic heterocycles. The van der Waals surface area contributed by atoms with Crippen molar-refractivity contribution in [2.24, 2.45) is 15.4 Å². The Labute approximate surface area is 130 Å².